The van der Waals surface area contributed by atoms with Gasteiger partial charge in [-0.2, -0.15) is 0 Å². The summed E-state index contributed by atoms with van der Waals surface area (Å²) >= 11 is 0. The predicted molar refractivity (Wildman–Crippen MR) is 69.7 cm³/mol. The molecule has 0 saturated carbocycles. The summed E-state index contributed by atoms with van der Waals surface area (Å²) in [6.45, 7) is 2.84. The highest BCUT2D eigenvalue weighted by atomic mass is 16.8. The van der Waals surface area contributed by atoms with E-state index < -0.39 is 0 Å². The first kappa shape index (κ1) is 14.4. The Bertz CT molecular complexity index is 419. The third-order valence-corrected chi connectivity index (χ3v) is 2.52. The van der Waals surface area contributed by atoms with Crippen molar-refractivity contribution < 1.29 is 10.0 Å². The van der Waals surface area contributed by atoms with Crippen molar-refractivity contribution >= 4 is 11.6 Å². The number of nitrogens with one attached hydrogen (secondary N) is 1. The van der Waals surface area contributed by atoms with Gasteiger partial charge in [-0.05, 0) is 32.6 Å². The molecule has 0 heterocycles. The molecular weight excluding hydrogens is 234 g/mol. The zero-order chi connectivity index (χ0) is 13.7. The number of carbonyl (C=O) groups is 1. The molecular formula is C12H18N3O3-. The Kier molecular flexibility index (Phi) is 5.08. The van der Waals surface area contributed by atoms with E-state index in [1.165, 1.54) is 6.07 Å². The fraction of sp³-hybridized carbons (Fsp3) is 0.417. The van der Waals surface area contributed by atoms with Crippen molar-refractivity contribution in [2.45, 2.75) is 6.92 Å². The maximum absolute atomic E-state index is 11.9. The van der Waals surface area contributed by atoms with Gasteiger partial charge in [-0.3, -0.25) is 10.0 Å². The number of carbonyl (C=O) groups excluding carboxylic acids is 1. The van der Waals surface area contributed by atoms with Crippen LogP contribution in [0.25, 0.3) is 0 Å². The van der Waals surface area contributed by atoms with Crippen LogP contribution >= 0.6 is 0 Å². The first-order valence-electron chi connectivity index (χ1n) is 5.62. The number of anilines is 1. The minimum atomic E-state index is -0.370. The van der Waals surface area contributed by atoms with Crippen LogP contribution in [0.5, 0.6) is 0 Å². The molecule has 18 heavy (non-hydrogen) atoms. The zero-order valence-corrected chi connectivity index (χ0v) is 10.8. The molecule has 0 aliphatic heterocycles. The Morgan fingerprint density at radius 2 is 2.11 bits per heavy atom. The minimum Gasteiger partial charge on any atom is -0.733 e. The van der Waals surface area contributed by atoms with E-state index in [4.69, 9.17) is 5.21 Å². The molecule has 0 atom stereocenters. The predicted octanol–water partition coefficient (Wildman–Crippen LogP) is 0.980. The van der Waals surface area contributed by atoms with Crippen LogP contribution in [-0.4, -0.2) is 43.2 Å². The number of likely N-dealkylation sites (N-methyl/N-ethyl adjacent to an activating group) is 1. The monoisotopic (exact) mass is 252 g/mol. The van der Waals surface area contributed by atoms with E-state index in [2.05, 4.69) is 5.32 Å². The Morgan fingerprint density at radius 3 is 2.67 bits per heavy atom. The van der Waals surface area contributed by atoms with E-state index in [1.54, 1.807) is 19.1 Å². The fourth-order valence-corrected chi connectivity index (χ4v) is 1.58. The zero-order valence-electron chi connectivity index (χ0n) is 10.8. The average molecular weight is 252 g/mol. The van der Waals surface area contributed by atoms with Crippen LogP contribution in [-0.2, 0) is 0 Å². The third-order valence-electron chi connectivity index (χ3n) is 2.52. The van der Waals surface area contributed by atoms with Crippen molar-refractivity contribution in [3.63, 3.8) is 0 Å². The quantitative estimate of drug-likeness (QED) is 0.764. The Balaban J connectivity index is 2.82. The molecule has 0 bridgehead atoms. The summed E-state index contributed by atoms with van der Waals surface area (Å²) < 4.78 is 0. The SMILES string of the molecule is Cc1cccc(C(=O)NCCN(C)C)c1N([O-])O. The highest BCUT2D eigenvalue weighted by molar-refractivity contribution is 6.00. The van der Waals surface area contributed by atoms with Crippen molar-refractivity contribution in [1.29, 1.82) is 0 Å². The van der Waals surface area contributed by atoms with Gasteiger partial charge in [0.25, 0.3) is 5.91 Å². The lowest BCUT2D eigenvalue weighted by Gasteiger charge is -2.26. The lowest BCUT2D eigenvalue weighted by Crippen LogP contribution is -2.32. The minimum absolute atomic E-state index is 0.0140. The number of amides is 1. The van der Waals surface area contributed by atoms with E-state index in [1.807, 2.05) is 19.0 Å². The summed E-state index contributed by atoms with van der Waals surface area (Å²) in [4.78, 5) is 13.8. The molecule has 0 spiro atoms. The van der Waals surface area contributed by atoms with E-state index in [-0.39, 0.29) is 22.4 Å². The van der Waals surface area contributed by atoms with Gasteiger partial charge in [-0.1, -0.05) is 12.1 Å². The highest BCUT2D eigenvalue weighted by Crippen LogP contribution is 2.23. The van der Waals surface area contributed by atoms with Crippen LogP contribution in [0.15, 0.2) is 18.2 Å². The first-order valence-corrected chi connectivity index (χ1v) is 5.62. The van der Waals surface area contributed by atoms with Crippen molar-refractivity contribution in [1.82, 2.24) is 10.2 Å². The van der Waals surface area contributed by atoms with Gasteiger partial charge in [0.1, 0.15) is 0 Å². The van der Waals surface area contributed by atoms with Crippen LogP contribution in [0.3, 0.4) is 0 Å². The topological polar surface area (TPSA) is 78.9 Å². The van der Waals surface area contributed by atoms with Crippen molar-refractivity contribution in [2.75, 3.05) is 32.4 Å². The molecule has 0 aromatic heterocycles. The van der Waals surface area contributed by atoms with Gasteiger partial charge >= 0.3 is 0 Å². The summed E-state index contributed by atoms with van der Waals surface area (Å²) in [5.41, 5.74) is 0.707. The number of rotatable bonds is 5. The second-order valence-corrected chi connectivity index (χ2v) is 4.30. The molecule has 6 heteroatoms. The molecule has 2 N–H and O–H groups in total. The molecule has 6 nitrogen and oxygen atoms in total. The summed E-state index contributed by atoms with van der Waals surface area (Å²) in [5.74, 6) is -0.370. The average Bonchev–Trinajstić information content (AvgIpc) is 2.27. The number of aryl methyl sites for hydroxylation is 1. The van der Waals surface area contributed by atoms with Crippen molar-refractivity contribution in [3.8, 4) is 0 Å². The summed E-state index contributed by atoms with van der Waals surface area (Å²) in [6.07, 6.45) is 0. The van der Waals surface area contributed by atoms with Gasteiger partial charge in [0.15, 0.2) is 0 Å². The lowest BCUT2D eigenvalue weighted by molar-refractivity contribution is 0.0950. The molecule has 0 aliphatic carbocycles. The summed E-state index contributed by atoms with van der Waals surface area (Å²) in [6, 6.07) is 4.84. The molecule has 0 aliphatic rings. The van der Waals surface area contributed by atoms with Crippen LogP contribution in [0.1, 0.15) is 15.9 Å². The maximum atomic E-state index is 11.9. The second-order valence-electron chi connectivity index (χ2n) is 4.30. The van der Waals surface area contributed by atoms with Crippen LogP contribution < -0.4 is 10.5 Å². The first-order chi connectivity index (χ1) is 8.43. The largest absolute Gasteiger partial charge is 0.733 e. The number of hydrogen-bond donors (Lipinski definition) is 2. The number of hydrogen-bond acceptors (Lipinski definition) is 5. The number of para-hydroxylation sites is 1. The molecule has 1 aromatic rings. The Labute approximate surface area is 106 Å². The normalized spacial score (nSPS) is 10.6. The summed E-state index contributed by atoms with van der Waals surface area (Å²) in [5, 5.41) is 22.5. The van der Waals surface area contributed by atoms with Gasteiger partial charge < -0.3 is 20.7 Å². The standard InChI is InChI=1S/C12H18N3O3/c1-9-5-4-6-10(11(9)15(17)18)12(16)13-7-8-14(2)3/h4-6,17H,7-8H2,1-3H3,(H,13,16)/q-1. The lowest BCUT2D eigenvalue weighted by atomic mass is 10.1. The molecule has 0 saturated heterocycles. The summed E-state index contributed by atoms with van der Waals surface area (Å²) in [7, 11) is 3.80. The molecule has 1 amide bonds. The van der Waals surface area contributed by atoms with Gasteiger partial charge in [0, 0.05) is 13.1 Å². The second kappa shape index (κ2) is 6.34. The Hall–Kier alpha value is -1.63. The molecule has 1 aromatic carbocycles. The molecule has 0 fully saturated rings. The van der Waals surface area contributed by atoms with E-state index in [0.29, 0.717) is 18.7 Å². The van der Waals surface area contributed by atoms with E-state index in [0.717, 1.165) is 0 Å². The smallest absolute Gasteiger partial charge is 0.253 e. The molecule has 0 unspecified atom stereocenters. The van der Waals surface area contributed by atoms with E-state index in [9.17, 15) is 10.0 Å². The third kappa shape index (κ3) is 3.69. The van der Waals surface area contributed by atoms with Gasteiger partial charge in [0.05, 0.1) is 11.3 Å². The van der Waals surface area contributed by atoms with Crippen LogP contribution in [0, 0.1) is 12.1 Å². The highest BCUT2D eigenvalue weighted by Gasteiger charge is 2.13. The fourth-order valence-electron chi connectivity index (χ4n) is 1.58. The van der Waals surface area contributed by atoms with E-state index >= 15 is 0 Å². The van der Waals surface area contributed by atoms with Gasteiger partial charge in [-0.25, -0.2) is 0 Å². The molecule has 1 rings (SSSR count). The Morgan fingerprint density at radius 1 is 1.44 bits per heavy atom. The maximum Gasteiger partial charge on any atom is 0.253 e. The molecule has 0 radical (unpaired) electrons. The van der Waals surface area contributed by atoms with Crippen molar-refractivity contribution in [2.24, 2.45) is 0 Å². The van der Waals surface area contributed by atoms with Gasteiger partial charge in [0.2, 0.25) is 0 Å². The van der Waals surface area contributed by atoms with Crippen molar-refractivity contribution in [3.05, 3.63) is 34.5 Å². The number of benzene rings is 1. The van der Waals surface area contributed by atoms with Crippen LogP contribution in [0.2, 0.25) is 0 Å². The molecule has 100 valence electrons. The number of nitrogens with zero attached hydrogens (tertiary/aromatic N) is 2. The van der Waals surface area contributed by atoms with Crippen LogP contribution in [0.4, 0.5) is 5.69 Å². The van der Waals surface area contributed by atoms with Gasteiger partial charge in [-0.15, -0.1) is 0 Å².